The molecule has 0 bridgehead atoms. The number of hydrogen-bond acceptors (Lipinski definition) is 2. The fourth-order valence-corrected chi connectivity index (χ4v) is 2.62. The molecule has 0 aromatic heterocycles. The number of nitrogens with two attached hydrogens (primary N) is 1. The van der Waals surface area contributed by atoms with Crippen LogP contribution in [0.4, 0.5) is 5.69 Å². The van der Waals surface area contributed by atoms with Gasteiger partial charge < -0.3 is 11.1 Å². The van der Waals surface area contributed by atoms with Crippen molar-refractivity contribution in [1.29, 1.82) is 0 Å². The number of hydrogen-bond donors (Lipinski definition) is 2. The van der Waals surface area contributed by atoms with Crippen molar-refractivity contribution in [2.45, 2.75) is 39.0 Å². The first-order valence-corrected chi connectivity index (χ1v) is 7.31. The molecule has 0 heterocycles. The van der Waals surface area contributed by atoms with Gasteiger partial charge in [-0.3, -0.25) is 4.79 Å². The number of benzene rings is 1. The van der Waals surface area contributed by atoms with Gasteiger partial charge in [-0.2, -0.15) is 0 Å². The third kappa shape index (κ3) is 3.85. The minimum Gasteiger partial charge on any atom is -0.325 e. The number of anilines is 1. The van der Waals surface area contributed by atoms with Crippen LogP contribution in [0.2, 0.25) is 0 Å². The Morgan fingerprint density at radius 3 is 2.80 bits per heavy atom. The van der Waals surface area contributed by atoms with Gasteiger partial charge >= 0.3 is 0 Å². The average molecular weight is 270 g/mol. The first kappa shape index (κ1) is 14.6. The highest BCUT2D eigenvalue weighted by Crippen LogP contribution is 2.26. The van der Waals surface area contributed by atoms with E-state index in [1.807, 2.05) is 25.1 Å². The van der Waals surface area contributed by atoms with Gasteiger partial charge in [0.15, 0.2) is 0 Å². The summed E-state index contributed by atoms with van der Waals surface area (Å²) in [6, 6.07) is 5.91. The summed E-state index contributed by atoms with van der Waals surface area (Å²) >= 11 is 0. The first-order chi connectivity index (χ1) is 9.70. The Morgan fingerprint density at radius 2 is 2.10 bits per heavy atom. The van der Waals surface area contributed by atoms with Crippen LogP contribution in [0.3, 0.4) is 0 Å². The van der Waals surface area contributed by atoms with Gasteiger partial charge in [0.25, 0.3) is 0 Å². The molecule has 3 nitrogen and oxygen atoms in total. The third-order valence-electron chi connectivity index (χ3n) is 3.73. The third-order valence-corrected chi connectivity index (χ3v) is 3.73. The highest BCUT2D eigenvalue weighted by molar-refractivity contribution is 5.94. The van der Waals surface area contributed by atoms with Crippen molar-refractivity contribution in [3.63, 3.8) is 0 Å². The molecule has 0 unspecified atom stereocenters. The Kier molecular flexibility index (Phi) is 5.20. The number of rotatable bonds is 2. The zero-order chi connectivity index (χ0) is 14.4. The predicted molar refractivity (Wildman–Crippen MR) is 82.3 cm³/mol. The molecule has 20 heavy (non-hydrogen) atoms. The number of nitrogens with one attached hydrogen (secondary N) is 1. The summed E-state index contributed by atoms with van der Waals surface area (Å²) in [5, 5.41) is 3.05. The minimum absolute atomic E-state index is 0.131. The molecule has 106 valence electrons. The zero-order valence-corrected chi connectivity index (χ0v) is 12.0. The molecule has 1 aliphatic rings. The van der Waals surface area contributed by atoms with Crippen molar-refractivity contribution in [2.75, 3.05) is 11.9 Å². The second-order valence-electron chi connectivity index (χ2n) is 5.38. The van der Waals surface area contributed by atoms with E-state index < -0.39 is 0 Å². The van der Waals surface area contributed by atoms with Crippen LogP contribution in [0.15, 0.2) is 18.2 Å². The van der Waals surface area contributed by atoms with E-state index >= 15 is 0 Å². The maximum absolute atomic E-state index is 12.3. The van der Waals surface area contributed by atoms with Crippen molar-refractivity contribution < 1.29 is 4.79 Å². The lowest BCUT2D eigenvalue weighted by Gasteiger charge is -2.21. The second-order valence-corrected chi connectivity index (χ2v) is 5.38. The molecular formula is C17H22N2O. The van der Waals surface area contributed by atoms with Gasteiger partial charge in [-0.1, -0.05) is 37.2 Å². The van der Waals surface area contributed by atoms with Crippen molar-refractivity contribution >= 4 is 11.6 Å². The standard InChI is InChI=1S/C17H22N2O/c1-13-9-10-14(8-5-11-18)16(12-13)19-17(20)15-6-3-2-4-7-15/h9-10,12,15H,2-4,6-7,11,18H2,1H3,(H,19,20). The van der Waals surface area contributed by atoms with Gasteiger partial charge in [-0.15, -0.1) is 0 Å². The van der Waals surface area contributed by atoms with E-state index in [0.717, 1.165) is 42.5 Å². The number of carbonyl (C=O) groups excluding carboxylic acids is 1. The lowest BCUT2D eigenvalue weighted by Crippen LogP contribution is -2.25. The molecule has 1 aromatic carbocycles. The molecule has 1 aliphatic carbocycles. The SMILES string of the molecule is Cc1ccc(C#CCN)c(NC(=O)C2CCCCC2)c1. The molecular weight excluding hydrogens is 248 g/mol. The van der Waals surface area contributed by atoms with Crippen LogP contribution in [-0.4, -0.2) is 12.5 Å². The molecule has 1 fully saturated rings. The molecule has 0 spiro atoms. The van der Waals surface area contributed by atoms with Gasteiger partial charge in [0.2, 0.25) is 5.91 Å². The molecule has 1 amide bonds. The summed E-state index contributed by atoms with van der Waals surface area (Å²) in [6.45, 7) is 2.33. The van der Waals surface area contributed by atoms with Crippen LogP contribution in [0, 0.1) is 24.7 Å². The quantitative estimate of drug-likeness (QED) is 0.812. The van der Waals surface area contributed by atoms with Crippen LogP contribution in [0.5, 0.6) is 0 Å². The topological polar surface area (TPSA) is 55.1 Å². The fraction of sp³-hybridized carbons (Fsp3) is 0.471. The van der Waals surface area contributed by atoms with Gasteiger partial charge in [0, 0.05) is 11.5 Å². The molecule has 3 N–H and O–H groups in total. The van der Waals surface area contributed by atoms with E-state index in [0.29, 0.717) is 6.54 Å². The second kappa shape index (κ2) is 7.12. The van der Waals surface area contributed by atoms with Crippen molar-refractivity contribution in [3.8, 4) is 11.8 Å². The van der Waals surface area contributed by atoms with Crippen molar-refractivity contribution in [1.82, 2.24) is 0 Å². The molecule has 0 radical (unpaired) electrons. The molecule has 0 atom stereocenters. The normalized spacial score (nSPS) is 15.3. The fourth-order valence-electron chi connectivity index (χ4n) is 2.62. The first-order valence-electron chi connectivity index (χ1n) is 7.31. The average Bonchev–Trinajstić information content (AvgIpc) is 2.47. The summed E-state index contributed by atoms with van der Waals surface area (Å²) in [5.74, 6) is 6.15. The van der Waals surface area contributed by atoms with Crippen LogP contribution >= 0.6 is 0 Å². The van der Waals surface area contributed by atoms with E-state index in [1.54, 1.807) is 0 Å². The summed E-state index contributed by atoms with van der Waals surface area (Å²) in [4.78, 5) is 12.3. The van der Waals surface area contributed by atoms with Gasteiger partial charge in [-0.25, -0.2) is 0 Å². The van der Waals surface area contributed by atoms with Crippen molar-refractivity contribution in [2.24, 2.45) is 11.7 Å². The summed E-state index contributed by atoms with van der Waals surface area (Å²) in [6.07, 6.45) is 5.57. The lowest BCUT2D eigenvalue weighted by atomic mass is 9.88. The Labute approximate surface area is 120 Å². The molecule has 1 aromatic rings. The van der Waals surface area contributed by atoms with Crippen LogP contribution in [0.1, 0.15) is 43.2 Å². The molecule has 1 saturated carbocycles. The monoisotopic (exact) mass is 270 g/mol. The smallest absolute Gasteiger partial charge is 0.227 e. The number of carbonyl (C=O) groups is 1. The van der Waals surface area contributed by atoms with Crippen molar-refractivity contribution in [3.05, 3.63) is 29.3 Å². The summed E-state index contributed by atoms with van der Waals surface area (Å²) in [5.41, 5.74) is 8.17. The Hall–Kier alpha value is -1.79. The van der Waals surface area contributed by atoms with E-state index in [4.69, 9.17) is 5.73 Å². The highest BCUT2D eigenvalue weighted by atomic mass is 16.1. The zero-order valence-electron chi connectivity index (χ0n) is 12.0. The van der Waals surface area contributed by atoms with Gasteiger partial charge in [-0.05, 0) is 37.5 Å². The van der Waals surface area contributed by atoms with Crippen LogP contribution < -0.4 is 11.1 Å². The largest absolute Gasteiger partial charge is 0.325 e. The van der Waals surface area contributed by atoms with E-state index in [-0.39, 0.29) is 11.8 Å². The maximum atomic E-state index is 12.3. The Bertz CT molecular complexity index is 534. The molecule has 2 rings (SSSR count). The minimum atomic E-state index is 0.131. The number of amides is 1. The Balaban J connectivity index is 2.14. The van der Waals surface area contributed by atoms with Crippen LogP contribution in [-0.2, 0) is 4.79 Å². The van der Waals surface area contributed by atoms with E-state index in [1.165, 1.54) is 6.42 Å². The van der Waals surface area contributed by atoms with E-state index in [2.05, 4.69) is 17.2 Å². The summed E-state index contributed by atoms with van der Waals surface area (Å²) in [7, 11) is 0. The van der Waals surface area contributed by atoms with E-state index in [9.17, 15) is 4.79 Å². The lowest BCUT2D eigenvalue weighted by molar-refractivity contribution is -0.120. The predicted octanol–water partition coefficient (Wildman–Crippen LogP) is 2.82. The summed E-state index contributed by atoms with van der Waals surface area (Å²) < 4.78 is 0. The maximum Gasteiger partial charge on any atom is 0.227 e. The number of aryl methyl sites for hydroxylation is 1. The molecule has 0 saturated heterocycles. The van der Waals surface area contributed by atoms with Gasteiger partial charge in [0.05, 0.1) is 12.2 Å². The highest BCUT2D eigenvalue weighted by Gasteiger charge is 2.21. The molecule has 0 aliphatic heterocycles. The molecule has 3 heteroatoms. The Morgan fingerprint density at radius 1 is 1.35 bits per heavy atom. The van der Waals surface area contributed by atoms with Gasteiger partial charge in [0.1, 0.15) is 0 Å². The van der Waals surface area contributed by atoms with Crippen LogP contribution in [0.25, 0.3) is 0 Å².